The molecular weight excluding hydrogens is 362 g/mol. The van der Waals surface area contributed by atoms with Crippen molar-refractivity contribution in [1.29, 1.82) is 0 Å². The van der Waals surface area contributed by atoms with E-state index in [-0.39, 0.29) is 0 Å². The maximum absolute atomic E-state index is 5.57. The topological polar surface area (TPSA) is 75.3 Å². The highest BCUT2D eigenvalue weighted by molar-refractivity contribution is 7.22. The van der Waals surface area contributed by atoms with Crippen LogP contribution < -0.4 is 15.0 Å². The second kappa shape index (κ2) is 6.86. The van der Waals surface area contributed by atoms with Crippen LogP contribution in [0.2, 0.25) is 0 Å². The number of morpholine rings is 1. The molecule has 7 nitrogen and oxygen atoms in total. The largest absolute Gasteiger partial charge is 0.494 e. The van der Waals surface area contributed by atoms with Crippen LogP contribution >= 0.6 is 11.3 Å². The highest BCUT2D eigenvalue weighted by Gasteiger charge is 2.21. The Labute approximate surface area is 161 Å². The zero-order chi connectivity index (χ0) is 18.2. The van der Waals surface area contributed by atoms with Crippen molar-refractivity contribution in [2.45, 2.75) is 6.42 Å². The van der Waals surface area contributed by atoms with Crippen LogP contribution in [0.1, 0.15) is 11.4 Å². The van der Waals surface area contributed by atoms with E-state index in [0.717, 1.165) is 77.5 Å². The summed E-state index contributed by atoms with van der Waals surface area (Å²) < 4.78 is 12.2. The number of ether oxygens (including phenoxy) is 2. The lowest BCUT2D eigenvalue weighted by atomic mass is 10.2. The number of H-pyrrole nitrogens is 1. The number of nitrogens with one attached hydrogen (secondary N) is 2. The molecule has 1 fully saturated rings. The Morgan fingerprint density at radius 3 is 2.96 bits per heavy atom. The van der Waals surface area contributed by atoms with Crippen LogP contribution in [0.5, 0.6) is 5.75 Å². The second-order valence-electron chi connectivity index (χ2n) is 6.57. The Balaban J connectivity index is 1.61. The monoisotopic (exact) mass is 383 g/mol. The molecule has 8 heteroatoms. The van der Waals surface area contributed by atoms with Crippen LogP contribution in [0.25, 0.3) is 27.1 Å². The van der Waals surface area contributed by atoms with Gasteiger partial charge in [-0.15, -0.1) is 11.3 Å². The van der Waals surface area contributed by atoms with E-state index in [1.54, 1.807) is 18.4 Å². The van der Waals surface area contributed by atoms with Crippen LogP contribution in [0.15, 0.2) is 18.3 Å². The summed E-state index contributed by atoms with van der Waals surface area (Å²) in [6.07, 6.45) is 4.89. The molecule has 27 heavy (non-hydrogen) atoms. The fraction of sp³-hybridized carbons (Fsp3) is 0.368. The van der Waals surface area contributed by atoms with E-state index in [9.17, 15) is 0 Å². The van der Waals surface area contributed by atoms with Gasteiger partial charge in [-0.2, -0.15) is 0 Å². The summed E-state index contributed by atoms with van der Waals surface area (Å²) in [6.45, 7) is 4.18. The van der Waals surface area contributed by atoms with Crippen LogP contribution in [-0.2, 0) is 11.2 Å². The first-order valence-corrected chi connectivity index (χ1v) is 9.94. The number of fused-ring (bicyclic) bond motifs is 2. The molecule has 0 unspecified atom stereocenters. The Kier molecular flexibility index (Phi) is 4.21. The molecule has 1 saturated heterocycles. The average Bonchev–Trinajstić information content (AvgIpc) is 3.27. The summed E-state index contributed by atoms with van der Waals surface area (Å²) in [5.74, 6) is 1.62. The molecule has 0 saturated carbocycles. The molecule has 0 amide bonds. The standard InChI is InChI=1S/C19H21N5O2S/c1-25-15-3-2-14(24-8-10-26-11-9-24)17-16(15)23-19(27-17)18-21-12-4-6-20-7-5-13(12)22-18/h2-4,6,20H,5,7-11H2,1H3,(H,21,22). The van der Waals surface area contributed by atoms with Gasteiger partial charge >= 0.3 is 0 Å². The normalized spacial score (nSPS) is 16.9. The molecule has 0 aliphatic carbocycles. The number of aromatic amines is 1. The molecule has 3 aromatic rings. The molecule has 2 aromatic heterocycles. The van der Waals surface area contributed by atoms with Crippen molar-refractivity contribution in [2.24, 2.45) is 0 Å². The molecule has 4 heterocycles. The van der Waals surface area contributed by atoms with Crippen molar-refractivity contribution in [1.82, 2.24) is 20.3 Å². The number of methoxy groups -OCH3 is 1. The molecule has 140 valence electrons. The molecule has 0 radical (unpaired) electrons. The van der Waals surface area contributed by atoms with Crippen molar-refractivity contribution in [3.8, 4) is 16.6 Å². The maximum atomic E-state index is 5.57. The van der Waals surface area contributed by atoms with E-state index in [2.05, 4.69) is 21.3 Å². The fourth-order valence-electron chi connectivity index (χ4n) is 3.56. The molecule has 2 aliphatic heterocycles. The summed E-state index contributed by atoms with van der Waals surface area (Å²) in [7, 11) is 1.69. The number of aromatic nitrogens is 3. The molecule has 5 rings (SSSR count). The third-order valence-electron chi connectivity index (χ3n) is 4.94. The van der Waals surface area contributed by atoms with E-state index in [1.807, 2.05) is 18.3 Å². The van der Waals surface area contributed by atoms with Crippen LogP contribution in [0, 0.1) is 0 Å². The van der Waals surface area contributed by atoms with E-state index < -0.39 is 0 Å². The molecule has 2 aliphatic rings. The molecule has 1 aromatic carbocycles. The van der Waals surface area contributed by atoms with Crippen LogP contribution in [0.4, 0.5) is 5.69 Å². The highest BCUT2D eigenvalue weighted by atomic mass is 32.1. The summed E-state index contributed by atoms with van der Waals surface area (Å²) in [5.41, 5.74) is 4.21. The van der Waals surface area contributed by atoms with Crippen molar-refractivity contribution in [2.75, 3.05) is 44.9 Å². The minimum Gasteiger partial charge on any atom is -0.494 e. The summed E-state index contributed by atoms with van der Waals surface area (Å²) in [6, 6.07) is 4.13. The van der Waals surface area contributed by atoms with Crippen LogP contribution in [-0.4, -0.2) is 54.9 Å². The molecule has 2 N–H and O–H groups in total. The Morgan fingerprint density at radius 2 is 2.11 bits per heavy atom. The van der Waals surface area contributed by atoms with Crippen molar-refractivity contribution >= 4 is 33.3 Å². The van der Waals surface area contributed by atoms with E-state index in [0.29, 0.717) is 0 Å². The predicted octanol–water partition coefficient (Wildman–Crippen LogP) is 2.65. The number of hydrogen-bond acceptors (Lipinski definition) is 7. The highest BCUT2D eigenvalue weighted by Crippen LogP contribution is 2.40. The van der Waals surface area contributed by atoms with Crippen molar-refractivity contribution in [3.63, 3.8) is 0 Å². The fourth-order valence-corrected chi connectivity index (χ4v) is 4.63. The predicted molar refractivity (Wildman–Crippen MR) is 108 cm³/mol. The number of benzene rings is 1. The van der Waals surface area contributed by atoms with Gasteiger partial charge in [-0.3, -0.25) is 0 Å². The number of anilines is 1. The first-order chi connectivity index (χ1) is 13.3. The molecule has 0 bridgehead atoms. The van der Waals surface area contributed by atoms with Gasteiger partial charge in [-0.1, -0.05) is 0 Å². The van der Waals surface area contributed by atoms with Gasteiger partial charge in [0.15, 0.2) is 10.8 Å². The van der Waals surface area contributed by atoms with E-state index in [4.69, 9.17) is 19.4 Å². The van der Waals surface area contributed by atoms with Gasteiger partial charge < -0.3 is 24.7 Å². The van der Waals surface area contributed by atoms with Crippen LogP contribution in [0.3, 0.4) is 0 Å². The summed E-state index contributed by atoms with van der Waals surface area (Å²) >= 11 is 1.66. The quantitative estimate of drug-likeness (QED) is 0.724. The summed E-state index contributed by atoms with van der Waals surface area (Å²) in [5, 5.41) is 4.12. The first kappa shape index (κ1) is 16.6. The van der Waals surface area contributed by atoms with Gasteiger partial charge in [0.1, 0.15) is 11.3 Å². The number of thiazole rings is 1. The smallest absolute Gasteiger partial charge is 0.167 e. The average molecular weight is 383 g/mol. The third-order valence-corrected chi connectivity index (χ3v) is 6.03. The zero-order valence-electron chi connectivity index (χ0n) is 15.1. The minimum atomic E-state index is 0.754. The molecule has 0 spiro atoms. The second-order valence-corrected chi connectivity index (χ2v) is 7.57. The lowest BCUT2D eigenvalue weighted by Crippen LogP contribution is -2.36. The number of rotatable bonds is 3. The number of imidazole rings is 1. The van der Waals surface area contributed by atoms with Gasteiger partial charge in [0.25, 0.3) is 0 Å². The molecule has 0 atom stereocenters. The SMILES string of the molecule is COc1ccc(N2CCOCC2)c2sc(-c3nc4c([nH]3)C=CNCC4)nc12. The lowest BCUT2D eigenvalue weighted by molar-refractivity contribution is 0.123. The van der Waals surface area contributed by atoms with Gasteiger partial charge in [0, 0.05) is 26.1 Å². The zero-order valence-corrected chi connectivity index (χ0v) is 15.9. The maximum Gasteiger partial charge on any atom is 0.167 e. The minimum absolute atomic E-state index is 0.754. The summed E-state index contributed by atoms with van der Waals surface area (Å²) in [4.78, 5) is 15.5. The lowest BCUT2D eigenvalue weighted by Gasteiger charge is -2.29. The number of nitrogens with zero attached hydrogens (tertiary/aromatic N) is 3. The van der Waals surface area contributed by atoms with E-state index >= 15 is 0 Å². The third kappa shape index (κ3) is 2.94. The Hall–Kier alpha value is -2.58. The number of hydrogen-bond donors (Lipinski definition) is 2. The Bertz CT molecular complexity index is 1000. The Morgan fingerprint density at radius 1 is 1.22 bits per heavy atom. The van der Waals surface area contributed by atoms with Crippen molar-refractivity contribution in [3.05, 3.63) is 29.7 Å². The first-order valence-electron chi connectivity index (χ1n) is 9.13. The van der Waals surface area contributed by atoms with E-state index in [1.165, 1.54) is 5.69 Å². The van der Waals surface area contributed by atoms with Gasteiger partial charge in [-0.05, 0) is 24.4 Å². The van der Waals surface area contributed by atoms with Gasteiger partial charge in [0.2, 0.25) is 0 Å². The van der Waals surface area contributed by atoms with Crippen molar-refractivity contribution < 1.29 is 9.47 Å². The van der Waals surface area contributed by atoms with Gasteiger partial charge in [0.05, 0.1) is 42.1 Å². The molecular formula is C19H21N5O2S. The van der Waals surface area contributed by atoms with Gasteiger partial charge in [-0.25, -0.2) is 9.97 Å².